The second-order valence-electron chi connectivity index (χ2n) is 6.16. The summed E-state index contributed by atoms with van der Waals surface area (Å²) in [6.45, 7) is 3.72. The van der Waals surface area contributed by atoms with Gasteiger partial charge in [0.2, 0.25) is 0 Å². The van der Waals surface area contributed by atoms with Gasteiger partial charge in [-0.25, -0.2) is 0 Å². The fraction of sp³-hybridized carbons (Fsp3) is 0.400. The van der Waals surface area contributed by atoms with Crippen LogP contribution >= 0.6 is 35.8 Å². The van der Waals surface area contributed by atoms with Crippen molar-refractivity contribution in [2.24, 2.45) is 0 Å². The van der Waals surface area contributed by atoms with Gasteiger partial charge in [0.15, 0.2) is 0 Å². The molecule has 1 saturated heterocycles. The van der Waals surface area contributed by atoms with Crippen molar-refractivity contribution in [2.75, 3.05) is 19.6 Å². The zero-order valence-electron chi connectivity index (χ0n) is 13.9. The summed E-state index contributed by atoms with van der Waals surface area (Å²) in [7, 11) is 0. The monoisotopic (exact) mass is 381 g/mol. The van der Waals surface area contributed by atoms with Crippen LogP contribution in [-0.2, 0) is 0 Å². The van der Waals surface area contributed by atoms with Gasteiger partial charge in [0.1, 0.15) is 0 Å². The Bertz CT molecular complexity index is 582. The normalized spacial score (nSPS) is 16.4. The summed E-state index contributed by atoms with van der Waals surface area (Å²) in [5.74, 6) is 0. The number of halogens is 2. The molecule has 130 valence electrons. The van der Waals surface area contributed by atoms with Gasteiger partial charge in [0.25, 0.3) is 0 Å². The number of benzene rings is 2. The van der Waals surface area contributed by atoms with Crippen molar-refractivity contribution >= 4 is 35.8 Å². The van der Waals surface area contributed by atoms with Crippen LogP contribution in [0.3, 0.4) is 0 Å². The highest BCUT2D eigenvalue weighted by Crippen LogP contribution is 2.38. The highest BCUT2D eigenvalue weighted by molar-refractivity contribution is 7.99. The second-order valence-corrected chi connectivity index (χ2v) is 7.87. The highest BCUT2D eigenvalue weighted by Gasteiger charge is 2.16. The van der Waals surface area contributed by atoms with Crippen molar-refractivity contribution in [3.05, 3.63) is 65.2 Å². The molecule has 1 atom stereocenters. The summed E-state index contributed by atoms with van der Waals surface area (Å²) >= 11 is 8.03. The van der Waals surface area contributed by atoms with Crippen LogP contribution in [0.1, 0.15) is 36.5 Å². The molecule has 1 nitrogen and oxygen atoms in total. The van der Waals surface area contributed by atoms with Crippen molar-refractivity contribution in [3.8, 4) is 0 Å². The van der Waals surface area contributed by atoms with Gasteiger partial charge in [-0.05, 0) is 68.7 Å². The van der Waals surface area contributed by atoms with Crippen LogP contribution in [0.4, 0.5) is 0 Å². The first kappa shape index (κ1) is 19.7. The molecule has 1 fully saturated rings. The molecule has 0 spiro atoms. The Labute approximate surface area is 161 Å². The molecule has 1 unspecified atom stereocenters. The average molecular weight is 382 g/mol. The van der Waals surface area contributed by atoms with Crippen LogP contribution in [0.25, 0.3) is 0 Å². The van der Waals surface area contributed by atoms with Gasteiger partial charge in [-0.1, -0.05) is 48.4 Å². The SMILES string of the molecule is Cl.Clc1ccc(C(CCN2CCCCC2)Sc2ccccc2)cc1. The lowest BCUT2D eigenvalue weighted by Gasteiger charge is -2.28. The summed E-state index contributed by atoms with van der Waals surface area (Å²) in [5, 5.41) is 1.30. The predicted molar refractivity (Wildman–Crippen MR) is 109 cm³/mol. The molecule has 0 N–H and O–H groups in total. The van der Waals surface area contributed by atoms with Gasteiger partial charge in [-0.2, -0.15) is 0 Å². The van der Waals surface area contributed by atoms with Crippen molar-refractivity contribution in [2.45, 2.75) is 35.8 Å². The fourth-order valence-corrected chi connectivity index (χ4v) is 4.40. The molecule has 24 heavy (non-hydrogen) atoms. The summed E-state index contributed by atoms with van der Waals surface area (Å²) in [4.78, 5) is 3.96. The van der Waals surface area contributed by atoms with Crippen molar-refractivity contribution in [1.29, 1.82) is 0 Å². The van der Waals surface area contributed by atoms with Crippen LogP contribution in [0.15, 0.2) is 59.5 Å². The van der Waals surface area contributed by atoms with E-state index >= 15 is 0 Å². The average Bonchev–Trinajstić information content (AvgIpc) is 2.61. The summed E-state index contributed by atoms with van der Waals surface area (Å²) in [6.07, 6.45) is 5.30. The molecule has 0 bridgehead atoms. The predicted octanol–water partition coefficient (Wildman–Crippen LogP) is 6.47. The lowest BCUT2D eigenvalue weighted by molar-refractivity contribution is 0.226. The minimum atomic E-state index is 0. The Balaban J connectivity index is 0.00000208. The first-order valence-electron chi connectivity index (χ1n) is 8.51. The Morgan fingerprint density at radius 3 is 2.25 bits per heavy atom. The van der Waals surface area contributed by atoms with Crippen LogP contribution < -0.4 is 0 Å². The Morgan fingerprint density at radius 1 is 0.917 bits per heavy atom. The van der Waals surface area contributed by atoms with E-state index in [1.54, 1.807) is 0 Å². The van der Waals surface area contributed by atoms with E-state index in [-0.39, 0.29) is 12.4 Å². The molecular weight excluding hydrogens is 357 g/mol. The van der Waals surface area contributed by atoms with E-state index in [1.807, 2.05) is 23.9 Å². The van der Waals surface area contributed by atoms with E-state index in [1.165, 1.54) is 55.8 Å². The maximum Gasteiger partial charge on any atom is 0.0406 e. The molecule has 1 heterocycles. The molecule has 1 aliphatic rings. The fourth-order valence-electron chi connectivity index (χ4n) is 3.12. The molecule has 0 amide bonds. The molecule has 3 rings (SSSR count). The molecule has 0 aromatic heterocycles. The quantitative estimate of drug-likeness (QED) is 0.527. The van der Waals surface area contributed by atoms with Crippen LogP contribution in [0, 0.1) is 0 Å². The van der Waals surface area contributed by atoms with E-state index in [4.69, 9.17) is 11.6 Å². The molecule has 1 aliphatic heterocycles. The van der Waals surface area contributed by atoms with Crippen molar-refractivity contribution in [1.82, 2.24) is 4.90 Å². The molecule has 2 aromatic rings. The van der Waals surface area contributed by atoms with Crippen LogP contribution in [-0.4, -0.2) is 24.5 Å². The lowest BCUT2D eigenvalue weighted by Crippen LogP contribution is -2.31. The van der Waals surface area contributed by atoms with E-state index in [0.29, 0.717) is 5.25 Å². The highest BCUT2D eigenvalue weighted by atomic mass is 35.5. The largest absolute Gasteiger partial charge is 0.303 e. The summed E-state index contributed by atoms with van der Waals surface area (Å²) in [5.41, 5.74) is 1.38. The maximum absolute atomic E-state index is 6.06. The third kappa shape index (κ3) is 6.00. The third-order valence-electron chi connectivity index (χ3n) is 4.42. The zero-order chi connectivity index (χ0) is 15.9. The molecule has 0 radical (unpaired) electrons. The van der Waals surface area contributed by atoms with Gasteiger partial charge in [0.05, 0.1) is 0 Å². The number of thioether (sulfide) groups is 1. The number of piperidine rings is 1. The smallest absolute Gasteiger partial charge is 0.0406 e. The minimum Gasteiger partial charge on any atom is -0.303 e. The maximum atomic E-state index is 6.06. The Hall–Kier alpha value is -0.670. The third-order valence-corrected chi connectivity index (χ3v) is 6.01. The van der Waals surface area contributed by atoms with Crippen molar-refractivity contribution < 1.29 is 0 Å². The van der Waals surface area contributed by atoms with Gasteiger partial charge >= 0.3 is 0 Å². The number of hydrogen-bond donors (Lipinski definition) is 0. The number of nitrogens with zero attached hydrogens (tertiary/aromatic N) is 1. The van der Waals surface area contributed by atoms with Gasteiger partial charge < -0.3 is 4.90 Å². The first-order valence-corrected chi connectivity index (χ1v) is 9.76. The number of rotatable bonds is 6. The summed E-state index contributed by atoms with van der Waals surface area (Å²) in [6, 6.07) is 19.1. The molecule has 0 saturated carbocycles. The van der Waals surface area contributed by atoms with E-state index < -0.39 is 0 Å². The topological polar surface area (TPSA) is 3.24 Å². The minimum absolute atomic E-state index is 0. The standard InChI is InChI=1S/C20H24ClNS.ClH/c21-18-11-9-17(10-12-18)20(23-19-7-3-1-4-8-19)13-16-22-14-5-2-6-15-22;/h1,3-4,7-12,20H,2,5-6,13-16H2;1H. The van der Waals surface area contributed by atoms with E-state index in [2.05, 4.69) is 47.4 Å². The molecule has 2 aromatic carbocycles. The molecular formula is C20H25Cl2NS. The number of likely N-dealkylation sites (tertiary alicyclic amines) is 1. The zero-order valence-corrected chi connectivity index (χ0v) is 16.3. The van der Waals surface area contributed by atoms with Gasteiger partial charge in [-0.15, -0.1) is 24.2 Å². The van der Waals surface area contributed by atoms with Gasteiger partial charge in [0, 0.05) is 15.2 Å². The second kappa shape index (κ2) is 10.4. The van der Waals surface area contributed by atoms with E-state index in [9.17, 15) is 0 Å². The first-order chi connectivity index (χ1) is 11.3. The van der Waals surface area contributed by atoms with Gasteiger partial charge in [-0.3, -0.25) is 0 Å². The molecule has 4 heteroatoms. The van der Waals surface area contributed by atoms with Crippen LogP contribution in [0.5, 0.6) is 0 Å². The van der Waals surface area contributed by atoms with E-state index in [0.717, 1.165) is 5.02 Å². The van der Waals surface area contributed by atoms with Crippen LogP contribution in [0.2, 0.25) is 5.02 Å². The summed E-state index contributed by atoms with van der Waals surface area (Å²) < 4.78 is 0. The Kier molecular flexibility index (Phi) is 8.48. The van der Waals surface area contributed by atoms with Crippen molar-refractivity contribution in [3.63, 3.8) is 0 Å². The number of hydrogen-bond acceptors (Lipinski definition) is 2. The Morgan fingerprint density at radius 2 is 1.58 bits per heavy atom. The molecule has 0 aliphatic carbocycles. The lowest BCUT2D eigenvalue weighted by atomic mass is 10.1.